The molecule has 2 aliphatic heterocycles. The molecule has 0 aromatic rings. The van der Waals surface area contributed by atoms with Gasteiger partial charge in [0.1, 0.15) is 0 Å². The second-order valence-electron chi connectivity index (χ2n) is 3.03. The van der Waals surface area contributed by atoms with Gasteiger partial charge in [-0.1, -0.05) is 12.2 Å². The lowest BCUT2D eigenvalue weighted by molar-refractivity contribution is -0.137. The zero-order valence-corrected chi connectivity index (χ0v) is 8.64. The van der Waals surface area contributed by atoms with Crippen molar-refractivity contribution in [2.45, 2.75) is 11.8 Å². The van der Waals surface area contributed by atoms with E-state index < -0.39 is 0 Å². The number of β-lactam (4-membered cyclic amide) rings is 1. The summed E-state index contributed by atoms with van der Waals surface area (Å²) in [7, 11) is 0. The molecule has 0 bridgehead atoms. The van der Waals surface area contributed by atoms with Gasteiger partial charge in [-0.3, -0.25) is 4.79 Å². The molecule has 1 fully saturated rings. The van der Waals surface area contributed by atoms with Crippen molar-refractivity contribution in [2.24, 2.45) is 0 Å². The quantitative estimate of drug-likeness (QED) is 0.519. The van der Waals surface area contributed by atoms with E-state index in [0.29, 0.717) is 17.7 Å². The number of allylic oxidation sites excluding steroid dienone is 2. The lowest BCUT2D eigenvalue weighted by Gasteiger charge is -2.40. The molecule has 0 spiro atoms. The summed E-state index contributed by atoms with van der Waals surface area (Å²) in [5.74, 6) is 1.75. The number of hydrogen-bond donors (Lipinski definition) is 0. The zero-order chi connectivity index (χ0) is 9.26. The van der Waals surface area contributed by atoms with Gasteiger partial charge in [0.15, 0.2) is 0 Å². The molecule has 1 amide bonds. The number of amides is 1. The first-order chi connectivity index (χ1) is 6.31. The fraction of sp³-hybridized carbons (Fsp3) is 0.444. The fourth-order valence-electron chi connectivity index (χ4n) is 1.39. The number of carbonyl (C=O) groups excluding carboxylic acids is 1. The number of alkyl halides is 1. The Morgan fingerprint density at radius 1 is 1.77 bits per heavy atom. The van der Waals surface area contributed by atoms with E-state index in [1.165, 1.54) is 5.57 Å². The van der Waals surface area contributed by atoms with Crippen LogP contribution in [-0.2, 0) is 4.79 Å². The minimum Gasteiger partial charge on any atom is -0.306 e. The van der Waals surface area contributed by atoms with E-state index in [9.17, 15) is 4.79 Å². The molecule has 2 rings (SSSR count). The summed E-state index contributed by atoms with van der Waals surface area (Å²) in [5, 5.41) is 0.403. The number of hydrogen-bond acceptors (Lipinski definition) is 2. The van der Waals surface area contributed by atoms with Crippen LogP contribution in [0, 0.1) is 0 Å². The van der Waals surface area contributed by atoms with Gasteiger partial charge in [-0.05, 0) is 5.57 Å². The number of thioether (sulfide) groups is 1. The lowest BCUT2D eigenvalue weighted by atomic mass is 10.2. The number of rotatable bonds is 2. The predicted molar refractivity (Wildman–Crippen MR) is 55.7 cm³/mol. The predicted octanol–water partition coefficient (Wildman–Crippen LogP) is 1.97. The normalized spacial score (nSPS) is 27.2. The maximum absolute atomic E-state index is 11.1. The maximum Gasteiger partial charge on any atom is 0.230 e. The summed E-state index contributed by atoms with van der Waals surface area (Å²) in [6, 6.07) is 0. The van der Waals surface area contributed by atoms with Crippen LogP contribution in [0.1, 0.15) is 6.42 Å². The van der Waals surface area contributed by atoms with E-state index >= 15 is 0 Å². The molecule has 4 heteroatoms. The SMILES string of the molecule is O=C1C[C@@H]2SCC(/C=C/CCl)=CN12. The molecule has 2 heterocycles. The Morgan fingerprint density at radius 2 is 2.62 bits per heavy atom. The largest absolute Gasteiger partial charge is 0.306 e. The molecule has 0 N–H and O–H groups in total. The van der Waals surface area contributed by atoms with E-state index in [-0.39, 0.29) is 5.91 Å². The van der Waals surface area contributed by atoms with Gasteiger partial charge in [0, 0.05) is 17.8 Å². The van der Waals surface area contributed by atoms with Crippen LogP contribution in [0.15, 0.2) is 23.9 Å². The second-order valence-corrected chi connectivity index (χ2v) is 4.51. The molecule has 1 atom stereocenters. The van der Waals surface area contributed by atoms with E-state index in [1.54, 1.807) is 0 Å². The van der Waals surface area contributed by atoms with E-state index in [1.807, 2.05) is 35.0 Å². The molecular formula is C9H10ClNOS. The van der Waals surface area contributed by atoms with E-state index in [2.05, 4.69) is 0 Å². The molecule has 0 aromatic carbocycles. The first-order valence-electron chi connectivity index (χ1n) is 4.17. The van der Waals surface area contributed by atoms with Crippen molar-refractivity contribution >= 4 is 29.3 Å². The Hall–Kier alpha value is -0.410. The third kappa shape index (κ3) is 1.76. The Balaban J connectivity index is 2.05. The van der Waals surface area contributed by atoms with Crippen LogP contribution < -0.4 is 0 Å². The standard InChI is InChI=1S/C9H10ClNOS/c10-3-1-2-7-5-11-8(12)4-9(11)13-6-7/h1-2,5,9H,3-4,6H2/b2-1+/t9-/m0/s1. The number of nitrogens with zero attached hydrogens (tertiary/aromatic N) is 1. The third-order valence-electron chi connectivity index (χ3n) is 2.12. The van der Waals surface area contributed by atoms with Crippen LogP contribution in [0.5, 0.6) is 0 Å². The van der Waals surface area contributed by atoms with Crippen molar-refractivity contribution in [2.75, 3.05) is 11.6 Å². The van der Waals surface area contributed by atoms with Gasteiger partial charge >= 0.3 is 0 Å². The molecule has 2 aliphatic rings. The van der Waals surface area contributed by atoms with Gasteiger partial charge in [-0.2, -0.15) is 0 Å². The summed E-state index contributed by atoms with van der Waals surface area (Å²) >= 11 is 7.34. The average molecular weight is 216 g/mol. The van der Waals surface area contributed by atoms with Gasteiger partial charge in [-0.25, -0.2) is 0 Å². The fourth-order valence-corrected chi connectivity index (χ4v) is 2.64. The van der Waals surface area contributed by atoms with Crippen molar-refractivity contribution in [3.8, 4) is 0 Å². The van der Waals surface area contributed by atoms with Crippen molar-refractivity contribution in [3.05, 3.63) is 23.9 Å². The highest BCUT2D eigenvalue weighted by molar-refractivity contribution is 8.00. The van der Waals surface area contributed by atoms with Crippen molar-refractivity contribution < 1.29 is 4.79 Å². The highest BCUT2D eigenvalue weighted by Gasteiger charge is 2.37. The van der Waals surface area contributed by atoms with Gasteiger partial charge < -0.3 is 4.90 Å². The Labute approximate surface area is 86.6 Å². The summed E-state index contributed by atoms with van der Waals surface area (Å²) in [5.41, 5.74) is 1.18. The number of halogens is 1. The molecule has 0 unspecified atom stereocenters. The van der Waals surface area contributed by atoms with Gasteiger partial charge in [-0.15, -0.1) is 23.4 Å². The molecule has 0 radical (unpaired) electrons. The third-order valence-corrected chi connectivity index (χ3v) is 3.57. The first-order valence-corrected chi connectivity index (χ1v) is 5.75. The van der Waals surface area contributed by atoms with Crippen molar-refractivity contribution in [1.29, 1.82) is 0 Å². The highest BCUT2D eigenvalue weighted by atomic mass is 35.5. The summed E-state index contributed by atoms with van der Waals surface area (Å²) in [6.07, 6.45) is 6.53. The maximum atomic E-state index is 11.1. The Bertz CT molecular complexity index is 287. The van der Waals surface area contributed by atoms with E-state index in [0.717, 1.165) is 5.75 Å². The lowest BCUT2D eigenvalue weighted by Crippen LogP contribution is -2.48. The van der Waals surface area contributed by atoms with Gasteiger partial charge in [0.2, 0.25) is 5.91 Å². The molecule has 70 valence electrons. The highest BCUT2D eigenvalue weighted by Crippen LogP contribution is 2.35. The Kier molecular flexibility index (Phi) is 2.65. The average Bonchev–Trinajstić information content (AvgIpc) is 2.14. The van der Waals surface area contributed by atoms with Crippen LogP contribution in [0.4, 0.5) is 0 Å². The van der Waals surface area contributed by atoms with Crippen molar-refractivity contribution in [3.63, 3.8) is 0 Å². The monoisotopic (exact) mass is 215 g/mol. The summed E-state index contributed by atoms with van der Waals surface area (Å²) in [4.78, 5) is 12.9. The van der Waals surface area contributed by atoms with Crippen LogP contribution in [0.25, 0.3) is 0 Å². The minimum atomic E-state index is 0.231. The number of fused-ring (bicyclic) bond motifs is 1. The summed E-state index contributed by atoms with van der Waals surface area (Å²) in [6.45, 7) is 0. The van der Waals surface area contributed by atoms with Crippen LogP contribution >= 0.6 is 23.4 Å². The molecule has 0 aromatic heterocycles. The zero-order valence-electron chi connectivity index (χ0n) is 7.07. The number of carbonyl (C=O) groups is 1. The van der Waals surface area contributed by atoms with Crippen LogP contribution in [0.3, 0.4) is 0 Å². The first kappa shape index (κ1) is 9.16. The molecular weight excluding hydrogens is 206 g/mol. The molecule has 2 nitrogen and oxygen atoms in total. The van der Waals surface area contributed by atoms with Crippen LogP contribution in [-0.4, -0.2) is 27.8 Å². The van der Waals surface area contributed by atoms with Gasteiger partial charge in [0.05, 0.1) is 11.8 Å². The summed E-state index contributed by atoms with van der Waals surface area (Å²) < 4.78 is 0. The molecule has 13 heavy (non-hydrogen) atoms. The topological polar surface area (TPSA) is 20.3 Å². The van der Waals surface area contributed by atoms with Gasteiger partial charge in [0.25, 0.3) is 0 Å². The second kappa shape index (κ2) is 3.76. The smallest absolute Gasteiger partial charge is 0.230 e. The molecule has 0 aliphatic carbocycles. The Morgan fingerprint density at radius 3 is 3.31 bits per heavy atom. The van der Waals surface area contributed by atoms with Crippen LogP contribution in [0.2, 0.25) is 0 Å². The molecule has 1 saturated heterocycles. The van der Waals surface area contributed by atoms with E-state index in [4.69, 9.17) is 11.6 Å². The molecule has 0 saturated carbocycles. The minimum absolute atomic E-state index is 0.231. The van der Waals surface area contributed by atoms with Crippen molar-refractivity contribution in [1.82, 2.24) is 4.90 Å².